The highest BCUT2D eigenvalue weighted by Crippen LogP contribution is 2.43. The van der Waals surface area contributed by atoms with E-state index in [2.05, 4.69) is 0 Å². The lowest BCUT2D eigenvalue weighted by atomic mass is 9.83. The number of amides is 1. The largest absolute Gasteiger partial charge is 0.477 e. The van der Waals surface area contributed by atoms with E-state index in [1.807, 2.05) is 0 Å². The first-order chi connectivity index (χ1) is 8.99. The van der Waals surface area contributed by atoms with Gasteiger partial charge in [-0.1, -0.05) is 0 Å². The fourth-order valence-electron chi connectivity index (χ4n) is 2.77. The van der Waals surface area contributed by atoms with Crippen LogP contribution < -0.4 is 5.73 Å². The van der Waals surface area contributed by atoms with Crippen LogP contribution in [0.5, 0.6) is 0 Å². The zero-order valence-corrected chi connectivity index (χ0v) is 10.7. The summed E-state index contributed by atoms with van der Waals surface area (Å²) >= 11 is 0. The molecule has 2 aliphatic rings. The molecule has 0 spiro atoms. The first-order valence-electron chi connectivity index (χ1n) is 6.23. The van der Waals surface area contributed by atoms with Gasteiger partial charge in [-0.2, -0.15) is 0 Å². The van der Waals surface area contributed by atoms with E-state index in [0.29, 0.717) is 25.1 Å². The van der Waals surface area contributed by atoms with Crippen molar-refractivity contribution in [2.45, 2.75) is 25.5 Å². The van der Waals surface area contributed by atoms with Crippen molar-refractivity contribution in [1.82, 2.24) is 4.90 Å². The second kappa shape index (κ2) is 5.28. The van der Waals surface area contributed by atoms with Crippen LogP contribution in [0.2, 0.25) is 0 Å². The van der Waals surface area contributed by atoms with Crippen molar-refractivity contribution in [2.75, 3.05) is 19.8 Å². The van der Waals surface area contributed by atoms with Crippen LogP contribution in [-0.2, 0) is 14.3 Å². The molecule has 0 aromatic carbocycles. The zero-order chi connectivity index (χ0) is 14.2. The van der Waals surface area contributed by atoms with E-state index in [1.54, 1.807) is 6.92 Å². The number of β-lactam (4-membered cyclic amide) rings is 1. The Kier molecular flexibility index (Phi) is 3.88. The molecule has 7 heteroatoms. The Morgan fingerprint density at radius 3 is 2.84 bits per heavy atom. The van der Waals surface area contributed by atoms with Crippen molar-refractivity contribution in [3.8, 4) is 0 Å². The number of ether oxygens (including phenoxy) is 1. The Balaban J connectivity index is 2.14. The van der Waals surface area contributed by atoms with Crippen LogP contribution in [-0.4, -0.2) is 58.9 Å². The molecule has 0 aromatic heterocycles. The third-order valence-corrected chi connectivity index (χ3v) is 3.56. The van der Waals surface area contributed by atoms with Gasteiger partial charge < -0.3 is 25.6 Å². The van der Waals surface area contributed by atoms with Crippen LogP contribution in [0.4, 0.5) is 0 Å². The van der Waals surface area contributed by atoms with Crippen LogP contribution in [0.1, 0.15) is 13.3 Å². The third-order valence-electron chi connectivity index (χ3n) is 3.56. The maximum atomic E-state index is 11.9. The van der Waals surface area contributed by atoms with E-state index in [-0.39, 0.29) is 24.3 Å². The summed E-state index contributed by atoms with van der Waals surface area (Å²) in [4.78, 5) is 24.4. The molecule has 7 nitrogen and oxygen atoms in total. The number of carbonyl (C=O) groups is 2. The lowest BCUT2D eigenvalue weighted by Crippen LogP contribution is -2.61. The predicted octanol–water partition coefficient (Wildman–Crippen LogP) is -1.09. The lowest BCUT2D eigenvalue weighted by Gasteiger charge is -2.44. The SMILES string of the molecule is CC(O)C1C(=O)N2C(C(=O)O)=C(COCCN)CC12. The summed E-state index contributed by atoms with van der Waals surface area (Å²) < 4.78 is 5.26. The minimum absolute atomic E-state index is 0.00363. The number of hydrogen-bond acceptors (Lipinski definition) is 5. The average molecular weight is 270 g/mol. The van der Waals surface area contributed by atoms with Crippen LogP contribution in [0, 0.1) is 5.92 Å². The van der Waals surface area contributed by atoms with E-state index in [1.165, 1.54) is 4.90 Å². The second-order valence-electron chi connectivity index (χ2n) is 4.84. The van der Waals surface area contributed by atoms with Gasteiger partial charge in [0.15, 0.2) is 0 Å². The number of carbonyl (C=O) groups excluding carboxylic acids is 1. The van der Waals surface area contributed by atoms with Crippen LogP contribution in [0.3, 0.4) is 0 Å². The minimum Gasteiger partial charge on any atom is -0.477 e. The number of aliphatic hydroxyl groups is 1. The van der Waals surface area contributed by atoms with Gasteiger partial charge in [0.05, 0.1) is 31.3 Å². The first kappa shape index (κ1) is 14.0. The van der Waals surface area contributed by atoms with Gasteiger partial charge in [0.1, 0.15) is 5.70 Å². The predicted molar refractivity (Wildman–Crippen MR) is 65.0 cm³/mol. The highest BCUT2D eigenvalue weighted by molar-refractivity contribution is 5.99. The standard InChI is InChI=1S/C12H18N2O5/c1-6(15)9-8-4-7(5-19-3-2-13)10(12(17)18)14(8)11(9)16/h6,8-9,15H,2-5,13H2,1H3,(H,17,18). The van der Waals surface area contributed by atoms with Gasteiger partial charge in [-0.15, -0.1) is 0 Å². The summed E-state index contributed by atoms with van der Waals surface area (Å²) in [6, 6.07) is -0.255. The van der Waals surface area contributed by atoms with Gasteiger partial charge >= 0.3 is 5.97 Å². The van der Waals surface area contributed by atoms with Gasteiger partial charge in [-0.25, -0.2) is 4.79 Å². The van der Waals surface area contributed by atoms with E-state index in [4.69, 9.17) is 10.5 Å². The van der Waals surface area contributed by atoms with E-state index in [0.717, 1.165) is 0 Å². The highest BCUT2D eigenvalue weighted by atomic mass is 16.5. The molecule has 0 aliphatic carbocycles. The molecule has 4 N–H and O–H groups in total. The van der Waals surface area contributed by atoms with Crippen molar-refractivity contribution < 1.29 is 24.5 Å². The second-order valence-corrected chi connectivity index (χ2v) is 4.84. The van der Waals surface area contributed by atoms with Crippen LogP contribution in [0.15, 0.2) is 11.3 Å². The molecule has 0 saturated carbocycles. The zero-order valence-electron chi connectivity index (χ0n) is 10.7. The number of fused-ring (bicyclic) bond motifs is 1. The number of hydrogen-bond donors (Lipinski definition) is 3. The Morgan fingerprint density at radius 1 is 1.63 bits per heavy atom. The fourth-order valence-corrected chi connectivity index (χ4v) is 2.77. The molecule has 2 heterocycles. The summed E-state index contributed by atoms with van der Waals surface area (Å²) in [5.74, 6) is -1.97. The number of carboxylic acids is 1. The Bertz CT molecular complexity index is 432. The Hall–Kier alpha value is -1.44. The molecule has 1 fully saturated rings. The highest BCUT2D eigenvalue weighted by Gasteiger charge is 2.56. The molecule has 2 rings (SSSR count). The molecule has 0 aromatic rings. The van der Waals surface area contributed by atoms with Gasteiger partial charge in [0.2, 0.25) is 5.91 Å². The molecule has 19 heavy (non-hydrogen) atoms. The fraction of sp³-hybridized carbons (Fsp3) is 0.667. The number of rotatable bonds is 6. The van der Waals surface area contributed by atoms with Crippen LogP contribution in [0.25, 0.3) is 0 Å². The topological polar surface area (TPSA) is 113 Å². The van der Waals surface area contributed by atoms with Gasteiger partial charge in [0, 0.05) is 6.54 Å². The van der Waals surface area contributed by atoms with Crippen molar-refractivity contribution >= 4 is 11.9 Å². The monoisotopic (exact) mass is 270 g/mol. The molecular weight excluding hydrogens is 252 g/mol. The quantitative estimate of drug-likeness (QED) is 0.417. The molecule has 1 amide bonds. The number of aliphatic hydroxyl groups excluding tert-OH is 1. The molecule has 0 radical (unpaired) electrons. The van der Waals surface area contributed by atoms with Crippen LogP contribution >= 0.6 is 0 Å². The summed E-state index contributed by atoms with van der Waals surface area (Å²) in [6.07, 6.45) is -0.332. The smallest absolute Gasteiger partial charge is 0.352 e. The maximum Gasteiger partial charge on any atom is 0.352 e. The normalized spacial score (nSPS) is 27.3. The van der Waals surface area contributed by atoms with Gasteiger partial charge in [-0.05, 0) is 18.9 Å². The average Bonchev–Trinajstić information content (AvgIpc) is 2.64. The molecule has 2 aliphatic heterocycles. The van der Waals surface area contributed by atoms with Gasteiger partial charge in [0.25, 0.3) is 0 Å². The van der Waals surface area contributed by atoms with Crippen molar-refractivity contribution in [3.05, 3.63) is 11.3 Å². The molecule has 3 unspecified atom stereocenters. The van der Waals surface area contributed by atoms with Crippen molar-refractivity contribution in [3.63, 3.8) is 0 Å². The number of aliphatic carboxylic acids is 1. The molecular formula is C12H18N2O5. The number of carboxylic acid groups (broad SMARTS) is 1. The summed E-state index contributed by atoms with van der Waals surface area (Å²) in [7, 11) is 0. The maximum absolute atomic E-state index is 11.9. The summed E-state index contributed by atoms with van der Waals surface area (Å²) in [5, 5.41) is 18.8. The van der Waals surface area contributed by atoms with E-state index in [9.17, 15) is 19.8 Å². The number of nitrogens with two attached hydrogens (primary N) is 1. The molecule has 3 atom stereocenters. The summed E-state index contributed by atoms with van der Waals surface area (Å²) in [6.45, 7) is 2.40. The Labute approximate surface area is 110 Å². The third kappa shape index (κ3) is 2.24. The summed E-state index contributed by atoms with van der Waals surface area (Å²) in [5.41, 5.74) is 5.89. The Morgan fingerprint density at radius 2 is 2.32 bits per heavy atom. The number of nitrogens with zero attached hydrogens (tertiary/aromatic N) is 1. The molecule has 1 saturated heterocycles. The minimum atomic E-state index is -1.13. The van der Waals surface area contributed by atoms with Gasteiger partial charge in [-0.3, -0.25) is 4.79 Å². The molecule has 0 bridgehead atoms. The van der Waals surface area contributed by atoms with E-state index >= 15 is 0 Å². The van der Waals surface area contributed by atoms with Crippen molar-refractivity contribution in [1.29, 1.82) is 0 Å². The van der Waals surface area contributed by atoms with Crippen molar-refractivity contribution in [2.24, 2.45) is 11.7 Å². The first-order valence-corrected chi connectivity index (χ1v) is 6.23. The lowest BCUT2D eigenvalue weighted by molar-refractivity contribution is -0.161. The molecule has 106 valence electrons. The van der Waals surface area contributed by atoms with E-state index < -0.39 is 18.0 Å².